The molecule has 0 amide bonds. The normalized spacial score (nSPS) is 12.1. The zero-order chi connectivity index (χ0) is 12.0. The molecule has 0 aliphatic heterocycles. The molecule has 0 saturated carbocycles. The van der Waals surface area contributed by atoms with Crippen molar-refractivity contribution in [2.45, 2.75) is 6.42 Å². The molecule has 1 aromatic rings. The molecule has 1 aromatic carbocycles. The second kappa shape index (κ2) is 6.27. The van der Waals surface area contributed by atoms with E-state index in [1.54, 1.807) is 30.5 Å². The van der Waals surface area contributed by atoms with Gasteiger partial charge in [-0.15, -0.1) is 0 Å². The standard InChI is InChI=1S/C11H15NO3S/c1-16(15)8-4-7-12-10-6-3-2-5-9(10)11(13)14/h2-3,5-6,12H,4,7-8H2,1H3,(H,13,14). The van der Waals surface area contributed by atoms with E-state index in [0.717, 1.165) is 6.42 Å². The molecule has 0 radical (unpaired) electrons. The van der Waals surface area contributed by atoms with Crippen molar-refractivity contribution in [2.24, 2.45) is 0 Å². The molecule has 88 valence electrons. The van der Waals surface area contributed by atoms with Gasteiger partial charge in [0.25, 0.3) is 0 Å². The van der Waals surface area contributed by atoms with Crippen LogP contribution in [0, 0.1) is 0 Å². The van der Waals surface area contributed by atoms with Gasteiger partial charge < -0.3 is 10.4 Å². The average Bonchev–Trinajstić information content (AvgIpc) is 2.24. The Morgan fingerprint density at radius 2 is 2.12 bits per heavy atom. The first-order chi connectivity index (χ1) is 7.61. The summed E-state index contributed by atoms with van der Waals surface area (Å²) in [5.41, 5.74) is 0.872. The second-order valence-electron chi connectivity index (χ2n) is 3.41. The third-order valence-corrected chi connectivity index (χ3v) is 2.95. The van der Waals surface area contributed by atoms with Gasteiger partial charge in [0, 0.05) is 35.0 Å². The van der Waals surface area contributed by atoms with Crippen molar-refractivity contribution in [1.29, 1.82) is 0 Å². The highest BCUT2D eigenvalue weighted by Gasteiger charge is 2.07. The number of carboxylic acid groups (broad SMARTS) is 1. The molecule has 0 aromatic heterocycles. The summed E-state index contributed by atoms with van der Waals surface area (Å²) in [5, 5.41) is 12.0. The summed E-state index contributed by atoms with van der Waals surface area (Å²) >= 11 is 0. The third kappa shape index (κ3) is 4.02. The second-order valence-corrected chi connectivity index (χ2v) is 4.96. The van der Waals surface area contributed by atoms with E-state index >= 15 is 0 Å². The maximum absolute atomic E-state index is 10.9. The number of hydrogen-bond acceptors (Lipinski definition) is 3. The fourth-order valence-electron chi connectivity index (χ4n) is 1.32. The number of rotatable bonds is 6. The van der Waals surface area contributed by atoms with Crippen molar-refractivity contribution in [1.82, 2.24) is 0 Å². The summed E-state index contributed by atoms with van der Waals surface area (Å²) in [6.07, 6.45) is 2.42. The Morgan fingerprint density at radius 1 is 1.44 bits per heavy atom. The molecule has 1 atom stereocenters. The molecule has 2 N–H and O–H groups in total. The third-order valence-electron chi connectivity index (χ3n) is 2.08. The predicted molar refractivity (Wildman–Crippen MR) is 65.4 cm³/mol. The Kier molecular flexibility index (Phi) is 4.98. The number of carboxylic acids is 1. The van der Waals surface area contributed by atoms with E-state index in [2.05, 4.69) is 5.32 Å². The van der Waals surface area contributed by atoms with Crippen LogP contribution >= 0.6 is 0 Å². The fraction of sp³-hybridized carbons (Fsp3) is 0.364. The van der Waals surface area contributed by atoms with E-state index in [4.69, 9.17) is 5.11 Å². The van der Waals surface area contributed by atoms with E-state index in [-0.39, 0.29) is 5.56 Å². The Hall–Kier alpha value is -1.36. The molecule has 0 bridgehead atoms. The van der Waals surface area contributed by atoms with Crippen molar-refractivity contribution in [3.8, 4) is 0 Å². The van der Waals surface area contributed by atoms with E-state index in [0.29, 0.717) is 18.0 Å². The molecule has 0 aliphatic carbocycles. The minimum atomic E-state index is -0.942. The van der Waals surface area contributed by atoms with Gasteiger partial charge in [-0.3, -0.25) is 4.21 Å². The largest absolute Gasteiger partial charge is 0.478 e. The van der Waals surface area contributed by atoms with Gasteiger partial charge >= 0.3 is 5.97 Å². The van der Waals surface area contributed by atoms with Crippen LogP contribution in [-0.2, 0) is 10.8 Å². The van der Waals surface area contributed by atoms with Gasteiger partial charge in [-0.2, -0.15) is 0 Å². The van der Waals surface area contributed by atoms with Crippen molar-refractivity contribution < 1.29 is 14.1 Å². The molecule has 0 saturated heterocycles. The highest BCUT2D eigenvalue weighted by molar-refractivity contribution is 7.84. The molecule has 1 unspecified atom stereocenters. The maximum Gasteiger partial charge on any atom is 0.337 e. The molecule has 1 rings (SSSR count). The van der Waals surface area contributed by atoms with Crippen LogP contribution in [0.25, 0.3) is 0 Å². The monoisotopic (exact) mass is 241 g/mol. The molecule has 4 nitrogen and oxygen atoms in total. The van der Waals surface area contributed by atoms with Crippen LogP contribution in [0.5, 0.6) is 0 Å². The summed E-state index contributed by atoms with van der Waals surface area (Å²) in [6.45, 7) is 0.629. The summed E-state index contributed by atoms with van der Waals surface area (Å²) in [4.78, 5) is 10.9. The maximum atomic E-state index is 10.9. The van der Waals surface area contributed by atoms with Crippen molar-refractivity contribution >= 4 is 22.5 Å². The van der Waals surface area contributed by atoms with Crippen LogP contribution in [0.3, 0.4) is 0 Å². The van der Waals surface area contributed by atoms with Crippen molar-refractivity contribution in [2.75, 3.05) is 23.9 Å². The van der Waals surface area contributed by atoms with Crippen LogP contribution in [0.4, 0.5) is 5.69 Å². The van der Waals surface area contributed by atoms with E-state index < -0.39 is 16.8 Å². The molecule has 0 spiro atoms. The molecular weight excluding hydrogens is 226 g/mol. The average molecular weight is 241 g/mol. The molecule has 0 aliphatic rings. The van der Waals surface area contributed by atoms with E-state index in [1.807, 2.05) is 0 Å². The Balaban J connectivity index is 2.53. The topological polar surface area (TPSA) is 66.4 Å². The fourth-order valence-corrected chi connectivity index (χ4v) is 1.87. The Labute approximate surface area is 97.1 Å². The zero-order valence-corrected chi connectivity index (χ0v) is 9.92. The Morgan fingerprint density at radius 3 is 2.75 bits per heavy atom. The first kappa shape index (κ1) is 12.7. The quantitative estimate of drug-likeness (QED) is 0.742. The summed E-state index contributed by atoms with van der Waals surface area (Å²) in [5.74, 6) is -0.315. The van der Waals surface area contributed by atoms with E-state index in [1.165, 1.54) is 0 Å². The minimum Gasteiger partial charge on any atom is -0.478 e. The number of hydrogen-bond donors (Lipinski definition) is 2. The van der Waals surface area contributed by atoms with Crippen LogP contribution in [-0.4, -0.2) is 33.8 Å². The van der Waals surface area contributed by atoms with Crippen molar-refractivity contribution in [3.05, 3.63) is 29.8 Å². The summed E-state index contributed by atoms with van der Waals surface area (Å²) < 4.78 is 10.8. The molecule has 0 fully saturated rings. The lowest BCUT2D eigenvalue weighted by Gasteiger charge is -2.08. The van der Waals surface area contributed by atoms with Crippen LogP contribution < -0.4 is 5.32 Å². The van der Waals surface area contributed by atoms with Gasteiger partial charge in [0.05, 0.1) is 5.56 Å². The molecular formula is C11H15NO3S. The lowest BCUT2D eigenvalue weighted by atomic mass is 10.2. The molecule has 16 heavy (non-hydrogen) atoms. The van der Waals surface area contributed by atoms with Crippen LogP contribution in [0.2, 0.25) is 0 Å². The van der Waals surface area contributed by atoms with E-state index in [9.17, 15) is 9.00 Å². The van der Waals surface area contributed by atoms with Crippen LogP contribution in [0.1, 0.15) is 16.8 Å². The van der Waals surface area contributed by atoms with Gasteiger partial charge in [-0.05, 0) is 18.6 Å². The van der Waals surface area contributed by atoms with Crippen molar-refractivity contribution in [3.63, 3.8) is 0 Å². The minimum absolute atomic E-state index is 0.264. The number of benzene rings is 1. The number of carbonyl (C=O) groups is 1. The lowest BCUT2D eigenvalue weighted by Crippen LogP contribution is -2.09. The highest BCUT2D eigenvalue weighted by atomic mass is 32.2. The van der Waals surface area contributed by atoms with Gasteiger partial charge in [0.2, 0.25) is 0 Å². The smallest absolute Gasteiger partial charge is 0.337 e. The molecule has 0 heterocycles. The van der Waals surface area contributed by atoms with Gasteiger partial charge in [0.15, 0.2) is 0 Å². The van der Waals surface area contributed by atoms with Gasteiger partial charge in [-0.25, -0.2) is 4.79 Å². The SMILES string of the molecule is CS(=O)CCCNc1ccccc1C(=O)O. The number of aromatic carboxylic acids is 1. The first-order valence-electron chi connectivity index (χ1n) is 4.97. The lowest BCUT2D eigenvalue weighted by molar-refractivity contribution is 0.0698. The highest BCUT2D eigenvalue weighted by Crippen LogP contribution is 2.14. The molecule has 5 heteroatoms. The van der Waals surface area contributed by atoms with Crippen LogP contribution in [0.15, 0.2) is 24.3 Å². The van der Waals surface area contributed by atoms with Gasteiger partial charge in [-0.1, -0.05) is 12.1 Å². The first-order valence-corrected chi connectivity index (χ1v) is 6.70. The summed E-state index contributed by atoms with van der Waals surface area (Å²) in [7, 11) is -0.794. The number of nitrogens with one attached hydrogen (secondary N) is 1. The predicted octanol–water partition coefficient (Wildman–Crippen LogP) is 1.57. The zero-order valence-electron chi connectivity index (χ0n) is 9.10. The Bertz CT molecular complexity index is 393. The number of anilines is 1. The summed E-state index contributed by atoms with van der Waals surface area (Å²) in [6, 6.07) is 6.76. The number of para-hydroxylation sites is 1. The van der Waals surface area contributed by atoms with Gasteiger partial charge in [0.1, 0.15) is 0 Å².